The number of primary amides is 1. The fraction of sp³-hybridized carbons (Fsp3) is 0.750. The lowest BCUT2D eigenvalue weighted by Crippen LogP contribution is -2.62. The lowest BCUT2D eigenvalue weighted by Gasteiger charge is -2.39. The van der Waals surface area contributed by atoms with Crippen molar-refractivity contribution in [2.24, 2.45) is 5.73 Å². The van der Waals surface area contributed by atoms with Gasteiger partial charge in [0.15, 0.2) is 0 Å². The standard InChI is InChI=1S/C12H21N3O4/c1-2-3-7-15(8-9(13)16)11(19)14-12(10(17)18)5-4-6-12/h2-8H2,1H3,(H2,13,16)(H,14,19)(H,17,18). The van der Waals surface area contributed by atoms with Gasteiger partial charge in [-0.25, -0.2) is 9.59 Å². The summed E-state index contributed by atoms with van der Waals surface area (Å²) in [7, 11) is 0. The van der Waals surface area contributed by atoms with Crippen molar-refractivity contribution < 1.29 is 19.5 Å². The monoisotopic (exact) mass is 271 g/mol. The molecular formula is C12H21N3O4. The Labute approximate surface area is 112 Å². The number of carbonyl (C=O) groups excluding carboxylic acids is 2. The minimum absolute atomic E-state index is 0.193. The van der Waals surface area contributed by atoms with Crippen molar-refractivity contribution in [2.75, 3.05) is 13.1 Å². The van der Waals surface area contributed by atoms with Crippen LogP contribution in [-0.4, -0.2) is 46.5 Å². The summed E-state index contributed by atoms with van der Waals surface area (Å²) in [6.07, 6.45) is 3.23. The molecule has 19 heavy (non-hydrogen) atoms. The van der Waals surface area contributed by atoms with Crippen LogP contribution < -0.4 is 11.1 Å². The zero-order valence-corrected chi connectivity index (χ0v) is 11.1. The zero-order valence-electron chi connectivity index (χ0n) is 11.1. The fourth-order valence-electron chi connectivity index (χ4n) is 2.00. The van der Waals surface area contributed by atoms with Gasteiger partial charge in [-0.1, -0.05) is 13.3 Å². The number of rotatable bonds is 7. The number of hydrogen-bond acceptors (Lipinski definition) is 3. The minimum Gasteiger partial charge on any atom is -0.480 e. The fourth-order valence-corrected chi connectivity index (χ4v) is 2.00. The van der Waals surface area contributed by atoms with Crippen molar-refractivity contribution >= 4 is 17.9 Å². The van der Waals surface area contributed by atoms with Crippen LogP contribution in [-0.2, 0) is 9.59 Å². The van der Waals surface area contributed by atoms with Crippen molar-refractivity contribution in [2.45, 2.75) is 44.6 Å². The molecule has 0 atom stereocenters. The van der Waals surface area contributed by atoms with Crippen molar-refractivity contribution in [3.05, 3.63) is 0 Å². The number of carboxylic acids is 1. The lowest BCUT2D eigenvalue weighted by molar-refractivity contribution is -0.148. The second-order valence-corrected chi connectivity index (χ2v) is 4.91. The molecule has 3 amide bonds. The van der Waals surface area contributed by atoms with Gasteiger partial charge in [-0.15, -0.1) is 0 Å². The highest BCUT2D eigenvalue weighted by atomic mass is 16.4. The third-order valence-electron chi connectivity index (χ3n) is 3.38. The summed E-state index contributed by atoms with van der Waals surface area (Å²) < 4.78 is 0. The van der Waals surface area contributed by atoms with Crippen molar-refractivity contribution in [1.29, 1.82) is 0 Å². The average Bonchev–Trinajstić information content (AvgIpc) is 2.27. The minimum atomic E-state index is -1.17. The van der Waals surface area contributed by atoms with Gasteiger partial charge >= 0.3 is 12.0 Å². The largest absolute Gasteiger partial charge is 0.480 e. The molecule has 1 aliphatic carbocycles. The van der Waals surface area contributed by atoms with Gasteiger partial charge in [0.05, 0.1) is 0 Å². The Morgan fingerprint density at radius 1 is 1.37 bits per heavy atom. The molecule has 1 rings (SSSR count). The predicted molar refractivity (Wildman–Crippen MR) is 68.4 cm³/mol. The highest BCUT2D eigenvalue weighted by Crippen LogP contribution is 2.32. The molecule has 0 heterocycles. The van der Waals surface area contributed by atoms with Crippen molar-refractivity contribution in [1.82, 2.24) is 10.2 Å². The first-order valence-electron chi connectivity index (χ1n) is 6.50. The molecule has 0 aromatic heterocycles. The highest BCUT2D eigenvalue weighted by Gasteiger charge is 2.46. The molecule has 0 radical (unpaired) electrons. The second kappa shape index (κ2) is 6.40. The molecule has 7 nitrogen and oxygen atoms in total. The number of nitrogens with zero attached hydrogens (tertiary/aromatic N) is 1. The summed E-state index contributed by atoms with van der Waals surface area (Å²) in [4.78, 5) is 35.4. The summed E-state index contributed by atoms with van der Waals surface area (Å²) in [6.45, 7) is 2.16. The van der Waals surface area contributed by atoms with Crippen LogP contribution in [0, 0.1) is 0 Å². The molecular weight excluding hydrogens is 250 g/mol. The molecule has 0 unspecified atom stereocenters. The zero-order chi connectivity index (χ0) is 14.5. The van der Waals surface area contributed by atoms with E-state index in [1.807, 2.05) is 6.92 Å². The van der Waals surface area contributed by atoms with E-state index in [-0.39, 0.29) is 6.54 Å². The molecule has 0 aromatic carbocycles. The number of nitrogens with two attached hydrogens (primary N) is 1. The van der Waals surface area contributed by atoms with Crippen LogP contribution in [0.25, 0.3) is 0 Å². The molecule has 0 aromatic rings. The first kappa shape index (κ1) is 15.3. The Balaban J connectivity index is 2.65. The summed E-state index contributed by atoms with van der Waals surface area (Å²) in [6, 6.07) is -0.533. The first-order valence-corrected chi connectivity index (χ1v) is 6.50. The van der Waals surface area contributed by atoms with Crippen LogP contribution in [0.4, 0.5) is 4.79 Å². The maximum absolute atomic E-state index is 12.0. The van der Waals surface area contributed by atoms with Gasteiger partial charge < -0.3 is 21.1 Å². The third-order valence-corrected chi connectivity index (χ3v) is 3.38. The predicted octanol–water partition coefficient (Wildman–Crippen LogP) is 0.291. The van der Waals surface area contributed by atoms with Gasteiger partial charge in [-0.2, -0.15) is 0 Å². The second-order valence-electron chi connectivity index (χ2n) is 4.91. The smallest absolute Gasteiger partial charge is 0.329 e. The van der Waals surface area contributed by atoms with Gasteiger partial charge in [0.1, 0.15) is 12.1 Å². The molecule has 4 N–H and O–H groups in total. The number of carbonyl (C=O) groups is 3. The maximum atomic E-state index is 12.0. The number of amides is 3. The van der Waals surface area contributed by atoms with E-state index in [9.17, 15) is 14.4 Å². The highest BCUT2D eigenvalue weighted by molar-refractivity contribution is 5.89. The van der Waals surface area contributed by atoms with E-state index in [0.717, 1.165) is 19.3 Å². The molecule has 0 saturated heterocycles. The molecule has 0 spiro atoms. The van der Waals surface area contributed by atoms with E-state index in [2.05, 4.69) is 5.32 Å². The Hall–Kier alpha value is -1.79. The number of nitrogens with one attached hydrogen (secondary N) is 1. The Bertz CT molecular complexity index is 366. The molecule has 1 fully saturated rings. The quantitative estimate of drug-likeness (QED) is 0.617. The van der Waals surface area contributed by atoms with Gasteiger partial charge in [0, 0.05) is 6.54 Å². The van der Waals surface area contributed by atoms with Crippen LogP contribution in [0.1, 0.15) is 39.0 Å². The lowest BCUT2D eigenvalue weighted by atomic mass is 9.77. The van der Waals surface area contributed by atoms with E-state index in [0.29, 0.717) is 19.4 Å². The Kier molecular flexibility index (Phi) is 5.14. The number of urea groups is 1. The van der Waals surface area contributed by atoms with Crippen molar-refractivity contribution in [3.63, 3.8) is 0 Å². The number of carboxylic acid groups (broad SMARTS) is 1. The number of hydrogen-bond donors (Lipinski definition) is 3. The van der Waals surface area contributed by atoms with Crippen LogP contribution in [0.3, 0.4) is 0 Å². The van der Waals surface area contributed by atoms with Crippen LogP contribution in [0.5, 0.6) is 0 Å². The molecule has 108 valence electrons. The number of aliphatic carboxylic acids is 1. The Morgan fingerprint density at radius 2 is 2.00 bits per heavy atom. The van der Waals surface area contributed by atoms with Crippen molar-refractivity contribution in [3.8, 4) is 0 Å². The molecule has 7 heteroatoms. The van der Waals surface area contributed by atoms with Gasteiger partial charge in [-0.3, -0.25) is 4.79 Å². The van der Waals surface area contributed by atoms with Gasteiger partial charge in [0.25, 0.3) is 0 Å². The summed E-state index contributed by atoms with van der Waals surface area (Å²) >= 11 is 0. The summed E-state index contributed by atoms with van der Waals surface area (Å²) in [5, 5.41) is 11.7. The van der Waals surface area contributed by atoms with Gasteiger partial charge in [0.2, 0.25) is 5.91 Å². The van der Waals surface area contributed by atoms with E-state index < -0.39 is 23.4 Å². The summed E-state index contributed by atoms with van der Waals surface area (Å²) in [5.74, 6) is -1.63. The Morgan fingerprint density at radius 3 is 2.37 bits per heavy atom. The molecule has 0 bridgehead atoms. The SMILES string of the molecule is CCCCN(CC(N)=O)C(=O)NC1(C(=O)O)CCC1. The number of unbranched alkanes of at least 4 members (excludes halogenated alkanes) is 1. The van der Waals surface area contributed by atoms with Gasteiger partial charge in [-0.05, 0) is 25.7 Å². The summed E-state index contributed by atoms with van der Waals surface area (Å²) in [5.41, 5.74) is 3.93. The maximum Gasteiger partial charge on any atom is 0.329 e. The van der Waals surface area contributed by atoms with Crippen LogP contribution in [0.2, 0.25) is 0 Å². The first-order chi connectivity index (χ1) is 8.91. The van der Waals surface area contributed by atoms with E-state index in [1.54, 1.807) is 0 Å². The van der Waals surface area contributed by atoms with E-state index >= 15 is 0 Å². The molecule has 1 saturated carbocycles. The van der Waals surface area contributed by atoms with E-state index in [1.165, 1.54) is 4.90 Å². The van der Waals surface area contributed by atoms with Crippen LogP contribution >= 0.6 is 0 Å². The molecule has 0 aliphatic heterocycles. The normalized spacial score (nSPS) is 16.3. The topological polar surface area (TPSA) is 113 Å². The average molecular weight is 271 g/mol. The molecule has 1 aliphatic rings. The van der Waals surface area contributed by atoms with Crippen LogP contribution in [0.15, 0.2) is 0 Å². The van der Waals surface area contributed by atoms with E-state index in [4.69, 9.17) is 10.8 Å². The third kappa shape index (κ3) is 3.84.